The number of anilines is 1. The molecule has 10 nitrogen and oxygen atoms in total. The Morgan fingerprint density at radius 1 is 1.15 bits per heavy atom. The van der Waals surface area contributed by atoms with Crippen molar-refractivity contribution in [3.63, 3.8) is 0 Å². The Morgan fingerprint density at radius 3 is 2.33 bits per heavy atom. The number of phenolic OH excluding ortho intramolecular Hbond substituents is 1. The molecule has 1 aromatic carbocycles. The van der Waals surface area contributed by atoms with Gasteiger partial charge in [0.1, 0.15) is 11.6 Å². The molecule has 11 heteroatoms. The number of benzene rings is 1. The first kappa shape index (κ1) is 26.2. The average molecular weight is 480 g/mol. The zero-order valence-corrected chi connectivity index (χ0v) is 19.5. The molecule has 2 aromatic rings. The number of hydrogen-bond donors (Lipinski definition) is 5. The van der Waals surface area contributed by atoms with E-state index in [4.69, 9.17) is 5.11 Å². The van der Waals surface area contributed by atoms with Crippen molar-refractivity contribution in [3.8, 4) is 17.0 Å². The molecule has 33 heavy (non-hydrogen) atoms. The lowest BCUT2D eigenvalue weighted by Gasteiger charge is -2.17. The summed E-state index contributed by atoms with van der Waals surface area (Å²) in [6.45, 7) is 3.79. The maximum atomic E-state index is 11.6. The molecular weight excluding hydrogens is 450 g/mol. The quantitative estimate of drug-likeness (QED) is 0.321. The van der Waals surface area contributed by atoms with Gasteiger partial charge in [-0.05, 0) is 30.2 Å². The van der Waals surface area contributed by atoms with Crippen LogP contribution < -0.4 is 5.32 Å². The van der Waals surface area contributed by atoms with Crippen molar-refractivity contribution in [2.45, 2.75) is 44.8 Å². The van der Waals surface area contributed by atoms with E-state index < -0.39 is 34.4 Å². The number of sulfone groups is 1. The summed E-state index contributed by atoms with van der Waals surface area (Å²) in [5.74, 6) is -1.44. The maximum Gasteiger partial charge on any atom is 0.305 e. The molecule has 0 amide bonds. The Bertz CT molecular complexity index is 1100. The fourth-order valence-corrected chi connectivity index (χ4v) is 3.45. The third-order valence-electron chi connectivity index (χ3n) is 4.56. The number of aliphatic hydroxyl groups excluding tert-OH is 2. The molecule has 1 heterocycles. The van der Waals surface area contributed by atoms with Crippen molar-refractivity contribution in [1.82, 2.24) is 9.97 Å². The first-order valence-corrected chi connectivity index (χ1v) is 12.3. The highest BCUT2D eigenvalue weighted by molar-refractivity contribution is 7.90. The Kier molecular flexibility index (Phi) is 8.91. The summed E-state index contributed by atoms with van der Waals surface area (Å²) in [6.07, 6.45) is 1.13. The van der Waals surface area contributed by atoms with Crippen LogP contribution in [0.2, 0.25) is 0 Å². The zero-order chi connectivity index (χ0) is 24.8. The van der Waals surface area contributed by atoms with Crippen LogP contribution in [0.25, 0.3) is 17.3 Å². The molecule has 0 bridgehead atoms. The van der Waals surface area contributed by atoms with Gasteiger partial charge in [0.15, 0.2) is 9.84 Å². The fraction of sp³-hybridized carbons (Fsp3) is 0.409. The van der Waals surface area contributed by atoms with Crippen LogP contribution in [0.4, 0.5) is 5.95 Å². The largest absolute Gasteiger partial charge is 0.508 e. The second-order valence-electron chi connectivity index (χ2n) is 8.06. The minimum absolute atomic E-state index is 0.0623. The molecule has 0 aliphatic heterocycles. The van der Waals surface area contributed by atoms with E-state index in [1.165, 1.54) is 18.2 Å². The molecule has 0 unspecified atom stereocenters. The molecule has 5 N–H and O–H groups in total. The SMILES string of the molecule is CC(C)c1nc(NCS(C)(=O)=O)nc(-c2ccc(O)cc2)c1C=C[C@@H](O)C[C@@H](O)CC(=O)O. The third kappa shape index (κ3) is 8.44. The van der Waals surface area contributed by atoms with Crippen molar-refractivity contribution in [1.29, 1.82) is 0 Å². The number of carboxylic acid groups (broad SMARTS) is 1. The lowest BCUT2D eigenvalue weighted by Crippen LogP contribution is -2.19. The number of carbonyl (C=O) groups is 1. The van der Waals surface area contributed by atoms with Crippen LogP contribution >= 0.6 is 0 Å². The van der Waals surface area contributed by atoms with E-state index in [0.29, 0.717) is 22.5 Å². The van der Waals surface area contributed by atoms with Gasteiger partial charge in [-0.2, -0.15) is 0 Å². The molecule has 2 atom stereocenters. The van der Waals surface area contributed by atoms with Crippen molar-refractivity contribution in [3.05, 3.63) is 41.6 Å². The van der Waals surface area contributed by atoms with Gasteiger partial charge < -0.3 is 25.7 Å². The molecule has 0 aliphatic rings. The maximum absolute atomic E-state index is 11.6. The Morgan fingerprint density at radius 2 is 1.79 bits per heavy atom. The molecule has 0 saturated carbocycles. The Hall–Kier alpha value is -3.02. The van der Waals surface area contributed by atoms with E-state index in [-0.39, 0.29) is 29.9 Å². The molecular formula is C22H29N3O7S. The van der Waals surface area contributed by atoms with Gasteiger partial charge in [-0.3, -0.25) is 4.79 Å². The summed E-state index contributed by atoms with van der Waals surface area (Å²) >= 11 is 0. The molecule has 1 aromatic heterocycles. The van der Waals surface area contributed by atoms with Crippen molar-refractivity contribution >= 4 is 27.8 Å². The smallest absolute Gasteiger partial charge is 0.305 e. The van der Waals surface area contributed by atoms with Gasteiger partial charge in [0.05, 0.1) is 30.0 Å². The van der Waals surface area contributed by atoms with Crippen LogP contribution in [-0.2, 0) is 14.6 Å². The van der Waals surface area contributed by atoms with Crippen LogP contribution in [0.3, 0.4) is 0 Å². The second-order valence-corrected chi connectivity index (χ2v) is 10.2. The van der Waals surface area contributed by atoms with Crippen LogP contribution in [0.1, 0.15) is 43.9 Å². The highest BCUT2D eigenvalue weighted by Gasteiger charge is 2.19. The molecule has 0 saturated heterocycles. The van der Waals surface area contributed by atoms with Gasteiger partial charge in [0.25, 0.3) is 0 Å². The van der Waals surface area contributed by atoms with Gasteiger partial charge in [-0.25, -0.2) is 18.4 Å². The van der Waals surface area contributed by atoms with E-state index in [2.05, 4.69) is 15.3 Å². The number of aromatic hydroxyl groups is 1. The number of phenols is 1. The highest BCUT2D eigenvalue weighted by atomic mass is 32.2. The standard InChI is InChI=1S/C22H29N3O7S/c1-13(2)20-18(9-8-16(27)10-17(28)11-19(29)30)21(14-4-6-15(26)7-5-14)25-22(24-20)23-12-33(3,31)32/h4-9,13,16-17,26-28H,10-12H2,1-3H3,(H,29,30)(H,23,24,25)/t16-,17-/m1/s1. The summed E-state index contributed by atoms with van der Waals surface area (Å²) in [6, 6.07) is 6.26. The molecule has 0 fully saturated rings. The number of rotatable bonds is 11. The van der Waals surface area contributed by atoms with E-state index in [0.717, 1.165) is 6.26 Å². The predicted molar refractivity (Wildman–Crippen MR) is 124 cm³/mol. The normalized spacial score (nSPS) is 13.9. The van der Waals surface area contributed by atoms with Crippen molar-refractivity contribution in [2.24, 2.45) is 0 Å². The van der Waals surface area contributed by atoms with E-state index in [1.54, 1.807) is 18.2 Å². The number of aliphatic carboxylic acids is 1. The second kappa shape index (κ2) is 11.2. The number of hydrogen-bond acceptors (Lipinski definition) is 9. The van der Waals surface area contributed by atoms with Gasteiger partial charge in [0, 0.05) is 23.8 Å². The summed E-state index contributed by atoms with van der Waals surface area (Å²) in [4.78, 5) is 19.7. The molecule has 180 valence electrons. The van der Waals surface area contributed by atoms with Crippen molar-refractivity contribution in [2.75, 3.05) is 17.4 Å². The Balaban J connectivity index is 2.51. The number of aliphatic hydroxyl groups is 2. The van der Waals surface area contributed by atoms with Gasteiger partial charge in [-0.15, -0.1) is 0 Å². The summed E-state index contributed by atoms with van der Waals surface area (Å²) in [5.41, 5.74) is 2.21. The highest BCUT2D eigenvalue weighted by Crippen LogP contribution is 2.31. The predicted octanol–water partition coefficient (Wildman–Crippen LogP) is 1.99. The molecule has 2 rings (SSSR count). The number of carboxylic acids is 1. The Labute approximate surface area is 192 Å². The minimum atomic E-state index is -3.33. The zero-order valence-electron chi connectivity index (χ0n) is 18.6. The van der Waals surface area contributed by atoms with E-state index in [9.17, 15) is 28.5 Å². The fourth-order valence-electron chi connectivity index (χ4n) is 3.05. The third-order valence-corrected chi connectivity index (χ3v) is 5.23. The molecule has 0 radical (unpaired) electrons. The lowest BCUT2D eigenvalue weighted by atomic mass is 9.97. The number of nitrogens with one attached hydrogen (secondary N) is 1. The minimum Gasteiger partial charge on any atom is -0.508 e. The lowest BCUT2D eigenvalue weighted by molar-refractivity contribution is -0.139. The number of aromatic nitrogens is 2. The van der Waals surface area contributed by atoms with Gasteiger partial charge >= 0.3 is 5.97 Å². The summed E-state index contributed by atoms with van der Waals surface area (Å²) < 4.78 is 23.1. The van der Waals surface area contributed by atoms with Crippen LogP contribution in [0.5, 0.6) is 5.75 Å². The first-order chi connectivity index (χ1) is 15.4. The van der Waals surface area contributed by atoms with Crippen LogP contribution in [0.15, 0.2) is 30.3 Å². The summed E-state index contributed by atoms with van der Waals surface area (Å²) in [5, 5.41) is 41.2. The van der Waals surface area contributed by atoms with E-state index >= 15 is 0 Å². The summed E-state index contributed by atoms with van der Waals surface area (Å²) in [7, 11) is -3.33. The van der Waals surface area contributed by atoms with E-state index in [1.807, 2.05) is 13.8 Å². The molecule has 0 spiro atoms. The van der Waals surface area contributed by atoms with Crippen molar-refractivity contribution < 1.29 is 33.6 Å². The number of nitrogens with zero attached hydrogens (tertiary/aromatic N) is 2. The first-order valence-electron chi connectivity index (χ1n) is 10.2. The van der Waals surface area contributed by atoms with Gasteiger partial charge in [-0.1, -0.05) is 26.0 Å². The molecule has 0 aliphatic carbocycles. The van der Waals surface area contributed by atoms with Crippen LogP contribution in [0, 0.1) is 0 Å². The monoisotopic (exact) mass is 479 g/mol. The average Bonchev–Trinajstić information content (AvgIpc) is 2.69. The van der Waals surface area contributed by atoms with Crippen LogP contribution in [-0.4, -0.2) is 69.1 Å². The topological polar surface area (TPSA) is 170 Å². The van der Waals surface area contributed by atoms with Gasteiger partial charge in [0.2, 0.25) is 5.95 Å².